The molecule has 0 aliphatic carbocycles. The van der Waals surface area contributed by atoms with Crippen LogP contribution < -0.4 is 60.6 Å². The van der Waals surface area contributed by atoms with Gasteiger partial charge in [-0.3, -0.25) is 47.9 Å². The van der Waals surface area contributed by atoms with Crippen LogP contribution in [0.5, 0.6) is 0 Å². The molecule has 0 aromatic carbocycles. The summed E-state index contributed by atoms with van der Waals surface area (Å²) in [5, 5.41) is 23.2. The van der Waals surface area contributed by atoms with Crippen molar-refractivity contribution in [2.45, 2.75) is 122 Å². The molecule has 23 nitrogen and oxygen atoms in total. The zero-order valence-electron chi connectivity index (χ0n) is 31.5. The van der Waals surface area contributed by atoms with Crippen molar-refractivity contribution in [2.24, 2.45) is 40.5 Å². The van der Waals surface area contributed by atoms with E-state index in [1.54, 1.807) is 27.7 Å². The summed E-state index contributed by atoms with van der Waals surface area (Å²) in [6, 6.07) is -10.1. The van der Waals surface area contributed by atoms with E-state index < -0.39 is 152 Å². The van der Waals surface area contributed by atoms with Crippen LogP contribution in [0.2, 0.25) is 0 Å². The molecule has 0 aromatic rings. The highest BCUT2D eigenvalue weighted by atomic mass is 16.4. The lowest BCUT2D eigenvalue weighted by molar-refractivity contribution is -0.144. The Kier molecular flexibility index (Phi) is 21.2. The van der Waals surface area contributed by atoms with Gasteiger partial charge in [-0.25, -0.2) is 4.79 Å². The molecule has 0 rings (SSSR count). The zero-order chi connectivity index (χ0) is 42.7. The molecule has 10 amide bonds. The van der Waals surface area contributed by atoms with Crippen LogP contribution in [0.1, 0.15) is 79.6 Å². The SMILES string of the molecule is CC(C)[C@H](N)C(=O)N[C@H](C(=O)N[C@@H](CCC(N)=O)C(=O)N[C@@H](CCC(N)=O)C(=O)N[C@@H](C)C(=O)N[C@@H](CCC(N)=O)C(=O)N[C@@H](CC(N)=O)C(=O)O)C(C)C. The van der Waals surface area contributed by atoms with Crippen LogP contribution in [0.3, 0.4) is 0 Å². The molecule has 0 radical (unpaired) electrons. The van der Waals surface area contributed by atoms with Crippen LogP contribution in [0.4, 0.5) is 0 Å². The second kappa shape index (κ2) is 23.7. The first kappa shape index (κ1) is 49.1. The average molecular weight is 786 g/mol. The predicted octanol–water partition coefficient (Wildman–Crippen LogP) is -5.69. The topological polar surface area (TPSA) is 410 Å². The minimum Gasteiger partial charge on any atom is -0.480 e. The lowest BCUT2D eigenvalue weighted by atomic mass is 9.99. The third-order valence-electron chi connectivity index (χ3n) is 7.98. The van der Waals surface area contributed by atoms with E-state index in [9.17, 15) is 57.8 Å². The second-order valence-corrected chi connectivity index (χ2v) is 13.5. The van der Waals surface area contributed by atoms with Gasteiger partial charge >= 0.3 is 5.97 Å². The normalized spacial score (nSPS) is 14.8. The Bertz CT molecular complexity index is 1460. The standard InChI is InChI=1S/C32H55N11O12/c1-13(2)24(37)30(52)43-25(14(3)4)31(53)41-18(8-11-22(35)46)28(50)40-16(6-9-20(33)44)27(49)38-15(5)26(48)39-17(7-10-21(34)45)29(51)42-19(32(54)55)12-23(36)47/h13-19,24-25H,6-12,37H2,1-5H3,(H2,33,44)(H2,34,45)(H2,35,46)(H2,36,47)(H,38,49)(H,39,48)(H,40,50)(H,41,53)(H,42,51)(H,43,52)(H,54,55)/t15-,16-,17-,18-,19-,24-,25-/m0/s1. The van der Waals surface area contributed by atoms with Crippen molar-refractivity contribution in [1.29, 1.82) is 0 Å². The Hall–Kier alpha value is -5.87. The number of hydrogen-bond donors (Lipinski definition) is 12. The molecule has 7 atom stereocenters. The summed E-state index contributed by atoms with van der Waals surface area (Å²) in [7, 11) is 0. The highest BCUT2D eigenvalue weighted by Crippen LogP contribution is 2.09. The number of nitrogens with one attached hydrogen (secondary N) is 6. The Morgan fingerprint density at radius 3 is 1.16 bits per heavy atom. The lowest BCUT2D eigenvalue weighted by Crippen LogP contribution is -2.60. The van der Waals surface area contributed by atoms with Crippen LogP contribution in [0, 0.1) is 11.8 Å². The van der Waals surface area contributed by atoms with Gasteiger partial charge in [-0.15, -0.1) is 0 Å². The van der Waals surface area contributed by atoms with E-state index in [0.29, 0.717) is 0 Å². The second-order valence-electron chi connectivity index (χ2n) is 13.5. The molecule has 0 aliphatic heterocycles. The van der Waals surface area contributed by atoms with E-state index in [0.717, 1.165) is 6.92 Å². The summed E-state index contributed by atoms with van der Waals surface area (Å²) in [5.41, 5.74) is 26.6. The number of rotatable bonds is 26. The number of carbonyl (C=O) groups is 11. The number of carbonyl (C=O) groups excluding carboxylic acids is 10. The summed E-state index contributed by atoms with van der Waals surface area (Å²) in [4.78, 5) is 136. The quantitative estimate of drug-likeness (QED) is 0.0390. The first-order valence-electron chi connectivity index (χ1n) is 17.3. The largest absolute Gasteiger partial charge is 0.480 e. The third kappa shape index (κ3) is 19.2. The van der Waals surface area contributed by atoms with Gasteiger partial charge in [0.2, 0.25) is 59.1 Å². The molecule has 0 saturated carbocycles. The molecule has 23 heteroatoms. The molecule has 0 saturated heterocycles. The van der Waals surface area contributed by atoms with Crippen molar-refractivity contribution in [3.63, 3.8) is 0 Å². The Morgan fingerprint density at radius 1 is 0.455 bits per heavy atom. The van der Waals surface area contributed by atoms with Gasteiger partial charge in [-0.1, -0.05) is 27.7 Å². The van der Waals surface area contributed by atoms with Crippen LogP contribution in [-0.2, 0) is 52.7 Å². The molecule has 55 heavy (non-hydrogen) atoms. The van der Waals surface area contributed by atoms with Gasteiger partial charge in [0, 0.05) is 19.3 Å². The van der Waals surface area contributed by atoms with E-state index in [-0.39, 0.29) is 12.3 Å². The first-order chi connectivity index (χ1) is 25.4. The number of carboxylic acid groups (broad SMARTS) is 1. The summed E-state index contributed by atoms with van der Waals surface area (Å²) < 4.78 is 0. The van der Waals surface area contributed by atoms with Gasteiger partial charge < -0.3 is 65.7 Å². The van der Waals surface area contributed by atoms with Crippen molar-refractivity contribution in [3.05, 3.63) is 0 Å². The molecule has 0 aromatic heterocycles. The van der Waals surface area contributed by atoms with Gasteiger partial charge in [0.05, 0.1) is 12.5 Å². The maximum atomic E-state index is 13.5. The smallest absolute Gasteiger partial charge is 0.326 e. The van der Waals surface area contributed by atoms with E-state index in [1.807, 2.05) is 5.32 Å². The number of carboxylic acids is 1. The van der Waals surface area contributed by atoms with Gasteiger partial charge in [-0.05, 0) is 38.0 Å². The predicted molar refractivity (Wildman–Crippen MR) is 192 cm³/mol. The fourth-order valence-corrected chi connectivity index (χ4v) is 4.64. The Balaban J connectivity index is 6.17. The number of primary amides is 4. The summed E-state index contributed by atoms with van der Waals surface area (Å²) in [5.74, 6) is -11.7. The molecule has 0 bridgehead atoms. The molecule has 310 valence electrons. The van der Waals surface area contributed by atoms with Crippen LogP contribution >= 0.6 is 0 Å². The lowest BCUT2D eigenvalue weighted by Gasteiger charge is -2.28. The highest BCUT2D eigenvalue weighted by Gasteiger charge is 2.34. The molecule has 0 spiro atoms. The maximum absolute atomic E-state index is 13.5. The average Bonchev–Trinajstić information content (AvgIpc) is 3.06. The van der Waals surface area contributed by atoms with Crippen LogP contribution in [-0.4, -0.2) is 112 Å². The first-order valence-corrected chi connectivity index (χ1v) is 17.3. The van der Waals surface area contributed by atoms with Crippen LogP contribution in [0.15, 0.2) is 0 Å². The molecule has 0 aliphatic rings. The highest BCUT2D eigenvalue weighted by molar-refractivity contribution is 5.97. The molecular formula is C32H55N11O12. The zero-order valence-corrected chi connectivity index (χ0v) is 31.5. The van der Waals surface area contributed by atoms with Gasteiger partial charge in [0.1, 0.15) is 36.3 Å². The Morgan fingerprint density at radius 2 is 0.818 bits per heavy atom. The minimum atomic E-state index is -1.78. The Labute approximate surface area is 317 Å². The van der Waals surface area contributed by atoms with E-state index in [1.165, 1.54) is 0 Å². The minimum absolute atomic E-state index is 0.267. The molecular weight excluding hydrogens is 730 g/mol. The summed E-state index contributed by atoms with van der Waals surface area (Å²) in [6.45, 7) is 7.81. The molecule has 0 fully saturated rings. The van der Waals surface area contributed by atoms with Crippen molar-refractivity contribution in [2.75, 3.05) is 0 Å². The van der Waals surface area contributed by atoms with Crippen molar-refractivity contribution >= 4 is 65.0 Å². The fraction of sp³-hybridized carbons (Fsp3) is 0.656. The van der Waals surface area contributed by atoms with Crippen molar-refractivity contribution in [1.82, 2.24) is 31.9 Å². The number of hydrogen-bond acceptors (Lipinski definition) is 12. The van der Waals surface area contributed by atoms with E-state index >= 15 is 0 Å². The summed E-state index contributed by atoms with van der Waals surface area (Å²) in [6.07, 6.45) is -3.26. The maximum Gasteiger partial charge on any atom is 0.326 e. The number of amides is 10. The van der Waals surface area contributed by atoms with E-state index in [4.69, 9.17) is 28.7 Å². The van der Waals surface area contributed by atoms with Gasteiger partial charge in [0.15, 0.2) is 0 Å². The monoisotopic (exact) mass is 785 g/mol. The van der Waals surface area contributed by atoms with Crippen LogP contribution in [0.25, 0.3) is 0 Å². The number of aliphatic carboxylic acids is 1. The van der Waals surface area contributed by atoms with Gasteiger partial charge in [0.25, 0.3) is 0 Å². The van der Waals surface area contributed by atoms with Gasteiger partial charge in [-0.2, -0.15) is 0 Å². The molecule has 0 heterocycles. The third-order valence-corrected chi connectivity index (χ3v) is 7.98. The molecule has 17 N–H and O–H groups in total. The summed E-state index contributed by atoms with van der Waals surface area (Å²) >= 11 is 0. The van der Waals surface area contributed by atoms with Crippen molar-refractivity contribution < 1.29 is 57.8 Å². The molecule has 0 unspecified atom stereocenters. The fourth-order valence-electron chi connectivity index (χ4n) is 4.64. The van der Waals surface area contributed by atoms with E-state index in [2.05, 4.69) is 26.6 Å². The van der Waals surface area contributed by atoms with Crippen molar-refractivity contribution in [3.8, 4) is 0 Å². The number of nitrogens with two attached hydrogens (primary N) is 5.